The number of alkyl halides is 3. The van der Waals surface area contributed by atoms with Gasteiger partial charge in [-0.1, -0.05) is 19.9 Å². The second-order valence-corrected chi connectivity index (χ2v) is 5.64. The summed E-state index contributed by atoms with van der Waals surface area (Å²) < 4.78 is 51.5. The molecule has 23 heavy (non-hydrogen) atoms. The maximum absolute atomic E-state index is 13.0. The lowest BCUT2D eigenvalue weighted by Gasteiger charge is -2.19. The summed E-state index contributed by atoms with van der Waals surface area (Å²) >= 11 is 0. The van der Waals surface area contributed by atoms with Crippen LogP contribution in [0.5, 0.6) is 0 Å². The second kappa shape index (κ2) is 8.14. The summed E-state index contributed by atoms with van der Waals surface area (Å²) in [4.78, 5) is 11.7. The SMILES string of the molecule is CC(C)CC(CO)NC(=O)NCc1ccc(F)cc1C(F)(F)F. The van der Waals surface area contributed by atoms with Gasteiger partial charge in [-0.3, -0.25) is 0 Å². The molecule has 1 aromatic rings. The van der Waals surface area contributed by atoms with Crippen LogP contribution in [0.25, 0.3) is 0 Å². The van der Waals surface area contributed by atoms with E-state index in [0.29, 0.717) is 12.5 Å². The maximum Gasteiger partial charge on any atom is 0.416 e. The minimum absolute atomic E-state index is 0.237. The van der Waals surface area contributed by atoms with E-state index in [4.69, 9.17) is 5.11 Å². The van der Waals surface area contributed by atoms with Gasteiger partial charge in [0, 0.05) is 6.54 Å². The van der Waals surface area contributed by atoms with Crippen LogP contribution in [0, 0.1) is 11.7 Å². The molecule has 1 rings (SSSR count). The van der Waals surface area contributed by atoms with E-state index in [2.05, 4.69) is 10.6 Å². The Morgan fingerprint density at radius 1 is 1.30 bits per heavy atom. The van der Waals surface area contributed by atoms with Gasteiger partial charge in [0.25, 0.3) is 0 Å². The smallest absolute Gasteiger partial charge is 0.394 e. The molecule has 0 aliphatic heterocycles. The number of rotatable bonds is 6. The fraction of sp³-hybridized carbons (Fsp3) is 0.533. The van der Waals surface area contributed by atoms with Crippen molar-refractivity contribution in [3.05, 3.63) is 35.1 Å². The number of benzene rings is 1. The molecule has 1 unspecified atom stereocenters. The number of hydrogen-bond donors (Lipinski definition) is 3. The minimum atomic E-state index is -4.71. The van der Waals surface area contributed by atoms with Crippen molar-refractivity contribution in [2.75, 3.05) is 6.61 Å². The first-order valence-electron chi connectivity index (χ1n) is 7.14. The highest BCUT2D eigenvalue weighted by molar-refractivity contribution is 5.74. The molecule has 0 saturated heterocycles. The molecule has 1 aromatic carbocycles. The Morgan fingerprint density at radius 2 is 1.96 bits per heavy atom. The minimum Gasteiger partial charge on any atom is -0.394 e. The Bertz CT molecular complexity index is 533. The fourth-order valence-corrected chi connectivity index (χ4v) is 2.13. The number of amides is 2. The topological polar surface area (TPSA) is 61.4 Å². The van der Waals surface area contributed by atoms with Crippen molar-refractivity contribution in [1.29, 1.82) is 0 Å². The molecule has 4 nitrogen and oxygen atoms in total. The van der Waals surface area contributed by atoms with Crippen LogP contribution in [-0.4, -0.2) is 23.8 Å². The van der Waals surface area contributed by atoms with Crippen LogP contribution < -0.4 is 10.6 Å². The van der Waals surface area contributed by atoms with Gasteiger partial charge in [-0.15, -0.1) is 0 Å². The molecule has 0 fully saturated rings. The van der Waals surface area contributed by atoms with Gasteiger partial charge < -0.3 is 15.7 Å². The number of hydrogen-bond acceptors (Lipinski definition) is 2. The Morgan fingerprint density at radius 3 is 2.48 bits per heavy atom. The van der Waals surface area contributed by atoms with Gasteiger partial charge in [0.2, 0.25) is 0 Å². The van der Waals surface area contributed by atoms with Crippen LogP contribution >= 0.6 is 0 Å². The first-order chi connectivity index (χ1) is 10.6. The molecule has 130 valence electrons. The average Bonchev–Trinajstić information content (AvgIpc) is 2.43. The molecule has 3 N–H and O–H groups in total. The zero-order valence-electron chi connectivity index (χ0n) is 12.9. The lowest BCUT2D eigenvalue weighted by Crippen LogP contribution is -2.44. The Labute approximate surface area is 131 Å². The van der Waals surface area contributed by atoms with Crippen LogP contribution in [-0.2, 0) is 12.7 Å². The number of halogens is 4. The van der Waals surface area contributed by atoms with E-state index in [1.807, 2.05) is 13.8 Å². The van der Waals surface area contributed by atoms with Crippen molar-refractivity contribution < 1.29 is 27.5 Å². The summed E-state index contributed by atoms with van der Waals surface area (Å²) in [5, 5.41) is 13.9. The Hall–Kier alpha value is -1.83. The summed E-state index contributed by atoms with van der Waals surface area (Å²) in [6.45, 7) is 3.16. The van der Waals surface area contributed by atoms with Crippen LogP contribution in [0.15, 0.2) is 18.2 Å². The van der Waals surface area contributed by atoms with Gasteiger partial charge in [-0.05, 0) is 30.0 Å². The summed E-state index contributed by atoms with van der Waals surface area (Å²) in [7, 11) is 0. The molecule has 1 atom stereocenters. The van der Waals surface area contributed by atoms with Crippen molar-refractivity contribution in [1.82, 2.24) is 10.6 Å². The summed E-state index contributed by atoms with van der Waals surface area (Å²) in [6, 6.07) is 1.10. The third kappa shape index (κ3) is 6.43. The average molecular weight is 336 g/mol. The molecule has 0 heterocycles. The highest BCUT2D eigenvalue weighted by Gasteiger charge is 2.33. The predicted octanol–water partition coefficient (Wildman–Crippen LogP) is 3.05. The highest BCUT2D eigenvalue weighted by atomic mass is 19.4. The van der Waals surface area contributed by atoms with Gasteiger partial charge in [-0.2, -0.15) is 13.2 Å². The number of nitrogens with one attached hydrogen (secondary N) is 2. The molecule has 0 spiro atoms. The van der Waals surface area contributed by atoms with E-state index in [9.17, 15) is 22.4 Å². The maximum atomic E-state index is 13.0. The lowest BCUT2D eigenvalue weighted by molar-refractivity contribution is -0.138. The van der Waals surface area contributed by atoms with E-state index in [-0.39, 0.29) is 18.1 Å². The van der Waals surface area contributed by atoms with E-state index in [0.717, 1.165) is 12.1 Å². The molecule has 8 heteroatoms. The van der Waals surface area contributed by atoms with E-state index < -0.39 is 36.2 Å². The molecule has 0 aliphatic carbocycles. The van der Waals surface area contributed by atoms with Crippen LogP contribution in [0.1, 0.15) is 31.4 Å². The van der Waals surface area contributed by atoms with Crippen LogP contribution in [0.4, 0.5) is 22.4 Å². The van der Waals surface area contributed by atoms with Gasteiger partial charge in [0.1, 0.15) is 5.82 Å². The van der Waals surface area contributed by atoms with E-state index >= 15 is 0 Å². The van der Waals surface area contributed by atoms with Crippen molar-refractivity contribution in [2.45, 2.75) is 39.0 Å². The number of carbonyl (C=O) groups excluding carboxylic acids is 1. The standard InChI is InChI=1S/C15H20F4N2O2/c1-9(2)5-12(8-22)21-14(23)20-7-10-3-4-11(16)6-13(10)15(17,18)19/h3-4,6,9,12,22H,5,7-8H2,1-2H3,(H2,20,21,23). The first kappa shape index (κ1) is 19.2. The first-order valence-corrected chi connectivity index (χ1v) is 7.14. The van der Waals surface area contributed by atoms with Crippen LogP contribution in [0.2, 0.25) is 0 Å². The Balaban J connectivity index is 2.69. The number of urea groups is 1. The molecule has 2 amide bonds. The third-order valence-electron chi connectivity index (χ3n) is 3.13. The van der Waals surface area contributed by atoms with Gasteiger partial charge in [0.05, 0.1) is 18.2 Å². The zero-order chi connectivity index (χ0) is 17.6. The van der Waals surface area contributed by atoms with Crippen molar-refractivity contribution in [2.24, 2.45) is 5.92 Å². The fourth-order valence-electron chi connectivity index (χ4n) is 2.13. The third-order valence-corrected chi connectivity index (χ3v) is 3.13. The molecule has 0 bridgehead atoms. The monoisotopic (exact) mass is 336 g/mol. The van der Waals surface area contributed by atoms with Crippen molar-refractivity contribution >= 4 is 6.03 Å². The molecular weight excluding hydrogens is 316 g/mol. The van der Waals surface area contributed by atoms with E-state index in [1.165, 1.54) is 0 Å². The predicted molar refractivity (Wildman–Crippen MR) is 77.1 cm³/mol. The largest absolute Gasteiger partial charge is 0.416 e. The lowest BCUT2D eigenvalue weighted by atomic mass is 10.0. The Kier molecular flexibility index (Phi) is 6.80. The van der Waals surface area contributed by atoms with Gasteiger partial charge in [0.15, 0.2) is 0 Å². The van der Waals surface area contributed by atoms with E-state index in [1.54, 1.807) is 0 Å². The molecular formula is C15H20F4N2O2. The normalized spacial score (nSPS) is 13.0. The molecule has 0 aromatic heterocycles. The number of carbonyl (C=O) groups is 1. The quantitative estimate of drug-likeness (QED) is 0.699. The van der Waals surface area contributed by atoms with Crippen molar-refractivity contribution in [3.63, 3.8) is 0 Å². The van der Waals surface area contributed by atoms with Gasteiger partial charge in [-0.25, -0.2) is 9.18 Å². The summed E-state index contributed by atoms with van der Waals surface area (Å²) in [5.74, 6) is -0.760. The van der Waals surface area contributed by atoms with Gasteiger partial charge >= 0.3 is 12.2 Å². The number of aliphatic hydroxyl groups is 1. The zero-order valence-corrected chi connectivity index (χ0v) is 12.9. The molecule has 0 saturated carbocycles. The van der Waals surface area contributed by atoms with Crippen LogP contribution in [0.3, 0.4) is 0 Å². The second-order valence-electron chi connectivity index (χ2n) is 5.64. The summed E-state index contributed by atoms with van der Waals surface area (Å²) in [5.41, 5.74) is -1.36. The molecule has 0 radical (unpaired) electrons. The van der Waals surface area contributed by atoms with Crippen molar-refractivity contribution in [3.8, 4) is 0 Å². The summed E-state index contributed by atoms with van der Waals surface area (Å²) in [6.07, 6.45) is -4.17. The molecule has 0 aliphatic rings. The number of aliphatic hydroxyl groups excluding tert-OH is 1. The highest BCUT2D eigenvalue weighted by Crippen LogP contribution is 2.32.